The van der Waals surface area contributed by atoms with Gasteiger partial charge < -0.3 is 0 Å². The molecule has 0 aliphatic carbocycles. The number of hydrogen-bond acceptors (Lipinski definition) is 2. The molecule has 1 fully saturated rings. The molecule has 3 nitrogen and oxygen atoms in total. The molecule has 4 heteroatoms. The van der Waals surface area contributed by atoms with Gasteiger partial charge in [-0.1, -0.05) is 0 Å². The summed E-state index contributed by atoms with van der Waals surface area (Å²) in [6.07, 6.45) is 3.57. The van der Waals surface area contributed by atoms with Crippen molar-refractivity contribution in [2.75, 3.05) is 0 Å². The zero-order chi connectivity index (χ0) is 8.97. The van der Waals surface area contributed by atoms with Gasteiger partial charge in [-0.15, -0.1) is 0 Å². The van der Waals surface area contributed by atoms with Crippen molar-refractivity contribution < 1.29 is 9.90 Å². The Morgan fingerprint density at radius 1 is 1.75 bits per heavy atom. The van der Waals surface area contributed by atoms with Crippen LogP contribution >= 0.6 is 0 Å². The predicted octanol–water partition coefficient (Wildman–Crippen LogP) is 0.682. The van der Waals surface area contributed by atoms with Crippen LogP contribution in [0.1, 0.15) is 26.2 Å². The summed E-state index contributed by atoms with van der Waals surface area (Å²) in [7, 11) is 0. The monoisotopic (exact) mass is 237 g/mol. The SMILES string of the molecule is CCCCC1N[C@@H](C(=O)O)C[Se]1. The van der Waals surface area contributed by atoms with Crippen molar-refractivity contribution >= 4 is 20.9 Å². The molecule has 1 rings (SSSR count). The molecule has 0 aromatic rings. The molecule has 0 spiro atoms. The number of nitrogens with one attached hydrogen (secondary N) is 1. The Hall–Kier alpha value is -0.0505. The normalized spacial score (nSPS) is 29.1. The Morgan fingerprint density at radius 2 is 2.50 bits per heavy atom. The molecule has 1 saturated heterocycles. The van der Waals surface area contributed by atoms with Crippen molar-refractivity contribution in [3.63, 3.8) is 0 Å². The molecule has 70 valence electrons. The fourth-order valence-electron chi connectivity index (χ4n) is 1.23. The Morgan fingerprint density at radius 3 is 3.00 bits per heavy atom. The van der Waals surface area contributed by atoms with Gasteiger partial charge in [-0.3, -0.25) is 0 Å². The van der Waals surface area contributed by atoms with Crippen LogP contribution in [0.25, 0.3) is 0 Å². The van der Waals surface area contributed by atoms with E-state index in [9.17, 15) is 4.79 Å². The van der Waals surface area contributed by atoms with E-state index in [1.54, 1.807) is 0 Å². The van der Waals surface area contributed by atoms with Crippen LogP contribution in [0.4, 0.5) is 0 Å². The average molecular weight is 236 g/mol. The zero-order valence-electron chi connectivity index (χ0n) is 7.25. The molecule has 1 aliphatic heterocycles. The van der Waals surface area contributed by atoms with E-state index in [0.717, 1.165) is 11.7 Å². The first-order valence-electron chi connectivity index (χ1n) is 4.34. The fourth-order valence-corrected chi connectivity index (χ4v) is 3.87. The molecule has 2 N–H and O–H groups in total. The molecular formula is C8H15NO2Se. The summed E-state index contributed by atoms with van der Waals surface area (Å²) >= 11 is 0.498. The average Bonchev–Trinajstić information content (AvgIpc) is 2.48. The van der Waals surface area contributed by atoms with Crippen molar-refractivity contribution in [1.29, 1.82) is 0 Å². The van der Waals surface area contributed by atoms with E-state index in [1.807, 2.05) is 0 Å². The topological polar surface area (TPSA) is 49.3 Å². The predicted molar refractivity (Wildman–Crippen MR) is 48.4 cm³/mol. The van der Waals surface area contributed by atoms with E-state index in [0.29, 0.717) is 19.9 Å². The molecule has 0 aromatic carbocycles. The third kappa shape index (κ3) is 2.77. The van der Waals surface area contributed by atoms with Gasteiger partial charge in [0.05, 0.1) is 0 Å². The van der Waals surface area contributed by atoms with Crippen molar-refractivity contribution in [3.05, 3.63) is 0 Å². The maximum absolute atomic E-state index is 10.6. The molecule has 0 saturated carbocycles. The molecule has 2 atom stereocenters. The van der Waals surface area contributed by atoms with E-state index in [-0.39, 0.29) is 6.04 Å². The minimum atomic E-state index is -0.684. The van der Waals surface area contributed by atoms with Crippen LogP contribution in [0, 0.1) is 0 Å². The van der Waals surface area contributed by atoms with Crippen LogP contribution < -0.4 is 5.32 Å². The van der Waals surface area contributed by atoms with Crippen LogP contribution in [0.5, 0.6) is 0 Å². The molecule has 1 heterocycles. The fraction of sp³-hybridized carbons (Fsp3) is 0.875. The van der Waals surface area contributed by atoms with Gasteiger partial charge in [0, 0.05) is 0 Å². The van der Waals surface area contributed by atoms with Crippen LogP contribution in [-0.2, 0) is 4.79 Å². The third-order valence-corrected chi connectivity index (χ3v) is 4.70. The second-order valence-corrected chi connectivity index (χ2v) is 5.61. The Labute approximate surface area is 79.1 Å². The second-order valence-electron chi connectivity index (χ2n) is 3.02. The summed E-state index contributed by atoms with van der Waals surface area (Å²) in [6.45, 7) is 2.16. The first-order chi connectivity index (χ1) is 5.74. The Kier molecular flexibility index (Phi) is 4.06. The molecule has 1 unspecified atom stereocenters. The van der Waals surface area contributed by atoms with Crippen LogP contribution in [0.2, 0.25) is 5.32 Å². The van der Waals surface area contributed by atoms with Gasteiger partial charge in [0.25, 0.3) is 0 Å². The van der Waals surface area contributed by atoms with E-state index >= 15 is 0 Å². The standard InChI is InChI=1S/C8H15NO2Se/c1-2-3-4-7-9-6(5-12-7)8(10)11/h6-7,9H,2-5H2,1H3,(H,10,11)/t6-,7?/m1/s1. The molecule has 12 heavy (non-hydrogen) atoms. The number of aliphatic carboxylic acids is 1. The first-order valence-corrected chi connectivity index (χ1v) is 6.54. The summed E-state index contributed by atoms with van der Waals surface area (Å²) < 4.78 is 0. The van der Waals surface area contributed by atoms with Crippen molar-refractivity contribution in [1.82, 2.24) is 5.32 Å². The summed E-state index contributed by atoms with van der Waals surface area (Å²) in [5.41, 5.74) is 0. The number of rotatable bonds is 4. The van der Waals surface area contributed by atoms with Gasteiger partial charge in [-0.05, 0) is 0 Å². The maximum atomic E-state index is 10.6. The number of unbranched alkanes of at least 4 members (excludes halogenated alkanes) is 1. The number of carboxylic acids is 1. The molecule has 1 aliphatic rings. The van der Waals surface area contributed by atoms with Gasteiger partial charge in [-0.2, -0.15) is 0 Å². The van der Waals surface area contributed by atoms with Crippen LogP contribution in [-0.4, -0.2) is 37.0 Å². The number of carboxylic acid groups (broad SMARTS) is 1. The molecule has 0 bridgehead atoms. The van der Waals surface area contributed by atoms with E-state index in [1.165, 1.54) is 12.8 Å². The molecule has 0 radical (unpaired) electrons. The molecule has 0 amide bonds. The third-order valence-electron chi connectivity index (χ3n) is 1.97. The summed E-state index contributed by atoms with van der Waals surface area (Å²) in [5.74, 6) is -0.684. The van der Waals surface area contributed by atoms with Crippen molar-refractivity contribution in [2.24, 2.45) is 0 Å². The number of hydrogen-bond donors (Lipinski definition) is 2. The van der Waals surface area contributed by atoms with Crippen LogP contribution in [0.15, 0.2) is 0 Å². The second kappa shape index (κ2) is 4.85. The minimum absolute atomic E-state index is 0.258. The summed E-state index contributed by atoms with van der Waals surface area (Å²) in [4.78, 5) is 11.1. The Bertz CT molecular complexity index is 163. The Balaban J connectivity index is 2.21. The molecular weight excluding hydrogens is 221 g/mol. The van der Waals surface area contributed by atoms with Gasteiger partial charge >= 0.3 is 78.6 Å². The number of carbonyl (C=O) groups is 1. The quantitative estimate of drug-likeness (QED) is 0.706. The van der Waals surface area contributed by atoms with Gasteiger partial charge in [0.15, 0.2) is 0 Å². The van der Waals surface area contributed by atoms with Crippen molar-refractivity contribution in [2.45, 2.75) is 42.5 Å². The van der Waals surface area contributed by atoms with Gasteiger partial charge in [-0.25, -0.2) is 0 Å². The van der Waals surface area contributed by atoms with E-state index < -0.39 is 5.97 Å². The summed E-state index contributed by atoms with van der Waals surface area (Å²) in [5, 5.41) is 12.7. The van der Waals surface area contributed by atoms with Crippen LogP contribution in [0.3, 0.4) is 0 Å². The summed E-state index contributed by atoms with van der Waals surface area (Å²) in [6, 6.07) is -0.258. The van der Waals surface area contributed by atoms with E-state index in [2.05, 4.69) is 12.2 Å². The van der Waals surface area contributed by atoms with E-state index in [4.69, 9.17) is 5.11 Å². The van der Waals surface area contributed by atoms with Crippen molar-refractivity contribution in [3.8, 4) is 0 Å². The van der Waals surface area contributed by atoms with Gasteiger partial charge in [0.2, 0.25) is 0 Å². The zero-order valence-corrected chi connectivity index (χ0v) is 8.96. The molecule has 0 aromatic heterocycles. The van der Waals surface area contributed by atoms with Gasteiger partial charge in [0.1, 0.15) is 0 Å². The first kappa shape index (κ1) is 10.0.